The quantitative estimate of drug-likeness (QED) is 0.532. The molecule has 2 heterocycles. The molecule has 0 radical (unpaired) electrons. The number of nitriles is 1. The first-order valence-corrected chi connectivity index (χ1v) is 5.20. The van der Waals surface area contributed by atoms with Crippen LogP contribution in [-0.4, -0.2) is 65.3 Å². The first kappa shape index (κ1) is 13.3. The molecule has 0 bridgehead atoms. The van der Waals surface area contributed by atoms with Crippen LogP contribution in [0, 0.1) is 11.5 Å². The van der Waals surface area contributed by atoms with Gasteiger partial charge >= 0.3 is 0 Å². The zero-order chi connectivity index (χ0) is 11.9. The maximum Gasteiger partial charge on any atom is 0.250 e. The van der Waals surface area contributed by atoms with Crippen molar-refractivity contribution in [1.29, 1.82) is 5.26 Å². The van der Waals surface area contributed by atoms with E-state index in [1.54, 1.807) is 18.9 Å². The summed E-state index contributed by atoms with van der Waals surface area (Å²) in [7, 11) is 1.62. The molecule has 2 rings (SSSR count). The Morgan fingerprint density at radius 3 is 2.59 bits per heavy atom. The summed E-state index contributed by atoms with van der Waals surface area (Å²) in [5, 5.41) is 8.86. The number of nitrogens with zero attached hydrogens (tertiary/aromatic N) is 4. The van der Waals surface area contributed by atoms with E-state index in [2.05, 4.69) is 0 Å². The van der Waals surface area contributed by atoms with Crippen molar-refractivity contribution in [3.63, 3.8) is 0 Å². The van der Waals surface area contributed by atoms with Crippen LogP contribution in [0.5, 0.6) is 0 Å². The van der Waals surface area contributed by atoms with E-state index in [9.17, 15) is 9.59 Å². The number of fused-ring (bicyclic) bond motifs is 1. The van der Waals surface area contributed by atoms with Gasteiger partial charge in [-0.1, -0.05) is 7.43 Å². The van der Waals surface area contributed by atoms with Gasteiger partial charge in [0.1, 0.15) is 5.54 Å². The van der Waals surface area contributed by atoms with Gasteiger partial charge < -0.3 is 14.7 Å². The van der Waals surface area contributed by atoms with Gasteiger partial charge in [0.15, 0.2) is 6.19 Å². The van der Waals surface area contributed by atoms with Gasteiger partial charge in [-0.05, 0) is 6.92 Å². The van der Waals surface area contributed by atoms with Gasteiger partial charge in [0.05, 0.1) is 13.1 Å². The van der Waals surface area contributed by atoms with Crippen molar-refractivity contribution in [3.8, 4) is 6.19 Å². The SMILES string of the molecule is C.CN1CC(=O)N2CCN(C#N)CC2(C)C1=O. The van der Waals surface area contributed by atoms with Crippen molar-refractivity contribution in [3.05, 3.63) is 0 Å². The van der Waals surface area contributed by atoms with Gasteiger partial charge in [-0.2, -0.15) is 5.26 Å². The number of carbonyl (C=O) groups excluding carboxylic acids is 2. The molecule has 2 aliphatic rings. The number of amides is 2. The summed E-state index contributed by atoms with van der Waals surface area (Å²) in [5.41, 5.74) is -0.877. The molecule has 0 aromatic carbocycles. The highest BCUT2D eigenvalue weighted by Gasteiger charge is 2.50. The summed E-state index contributed by atoms with van der Waals surface area (Å²) in [6, 6.07) is 0. The molecule has 2 fully saturated rings. The third-order valence-electron chi connectivity index (χ3n) is 3.31. The fourth-order valence-corrected chi connectivity index (χ4v) is 2.44. The van der Waals surface area contributed by atoms with E-state index in [1.807, 2.05) is 6.19 Å². The molecule has 2 saturated heterocycles. The van der Waals surface area contributed by atoms with Crippen LogP contribution in [0.4, 0.5) is 0 Å². The van der Waals surface area contributed by atoms with Crippen LogP contribution >= 0.6 is 0 Å². The van der Waals surface area contributed by atoms with Crippen molar-refractivity contribution >= 4 is 11.8 Å². The van der Waals surface area contributed by atoms with Gasteiger partial charge in [-0.25, -0.2) is 0 Å². The fourth-order valence-electron chi connectivity index (χ4n) is 2.44. The van der Waals surface area contributed by atoms with E-state index in [0.29, 0.717) is 19.6 Å². The Morgan fingerprint density at radius 1 is 1.35 bits per heavy atom. The summed E-state index contributed by atoms with van der Waals surface area (Å²) in [6.07, 6.45) is 2.04. The lowest BCUT2D eigenvalue weighted by molar-refractivity contribution is -0.166. The molecule has 0 spiro atoms. The van der Waals surface area contributed by atoms with Crippen molar-refractivity contribution in [2.24, 2.45) is 0 Å². The summed E-state index contributed by atoms with van der Waals surface area (Å²) >= 11 is 0. The molecule has 6 nitrogen and oxygen atoms in total. The highest BCUT2D eigenvalue weighted by Crippen LogP contribution is 2.27. The van der Waals surface area contributed by atoms with E-state index in [1.165, 1.54) is 9.80 Å². The van der Waals surface area contributed by atoms with Crippen molar-refractivity contribution in [2.45, 2.75) is 19.9 Å². The second kappa shape index (κ2) is 4.24. The fraction of sp³-hybridized carbons (Fsp3) is 0.727. The zero-order valence-corrected chi connectivity index (χ0v) is 9.43. The normalized spacial score (nSPS) is 28.4. The van der Waals surface area contributed by atoms with E-state index in [4.69, 9.17) is 5.26 Å². The Balaban J connectivity index is 0.00000144. The number of likely N-dealkylation sites (N-methyl/N-ethyl adjacent to an activating group) is 1. The predicted molar refractivity (Wildman–Crippen MR) is 61.7 cm³/mol. The molecule has 0 N–H and O–H groups in total. The lowest BCUT2D eigenvalue weighted by Gasteiger charge is -2.50. The minimum absolute atomic E-state index is 0. The zero-order valence-electron chi connectivity index (χ0n) is 9.43. The smallest absolute Gasteiger partial charge is 0.250 e. The van der Waals surface area contributed by atoms with Crippen LogP contribution in [-0.2, 0) is 9.59 Å². The average molecular weight is 238 g/mol. The number of rotatable bonds is 0. The van der Waals surface area contributed by atoms with Crippen LogP contribution < -0.4 is 0 Å². The molecule has 0 aromatic heterocycles. The van der Waals surface area contributed by atoms with Gasteiger partial charge in [-0.15, -0.1) is 0 Å². The Labute approximate surface area is 101 Å². The largest absolute Gasteiger partial charge is 0.334 e. The predicted octanol–water partition coefficient (Wildman–Crippen LogP) is -0.522. The highest BCUT2D eigenvalue weighted by atomic mass is 16.2. The van der Waals surface area contributed by atoms with Crippen molar-refractivity contribution in [1.82, 2.24) is 14.7 Å². The van der Waals surface area contributed by atoms with Crippen molar-refractivity contribution in [2.75, 3.05) is 33.2 Å². The monoisotopic (exact) mass is 238 g/mol. The first-order valence-electron chi connectivity index (χ1n) is 5.20. The molecule has 0 saturated carbocycles. The Morgan fingerprint density at radius 2 is 2.00 bits per heavy atom. The molecule has 0 aliphatic carbocycles. The molecule has 0 aromatic rings. The van der Waals surface area contributed by atoms with E-state index >= 15 is 0 Å². The Kier molecular flexibility index (Phi) is 3.32. The van der Waals surface area contributed by atoms with Gasteiger partial charge in [-0.3, -0.25) is 9.59 Å². The molecule has 17 heavy (non-hydrogen) atoms. The number of piperazine rings is 2. The topological polar surface area (TPSA) is 67.7 Å². The second-order valence-corrected chi connectivity index (χ2v) is 4.50. The molecule has 2 aliphatic heterocycles. The molecule has 2 amide bonds. The third kappa shape index (κ3) is 1.82. The lowest BCUT2D eigenvalue weighted by atomic mass is 9.92. The first-order chi connectivity index (χ1) is 7.49. The van der Waals surface area contributed by atoms with E-state index < -0.39 is 5.54 Å². The average Bonchev–Trinajstić information content (AvgIpc) is 2.25. The van der Waals surface area contributed by atoms with Crippen LogP contribution in [0.3, 0.4) is 0 Å². The summed E-state index contributed by atoms with van der Waals surface area (Å²) in [5.74, 6) is -0.130. The standard InChI is InChI=1S/C10H14N4O2.CH4/c1-10-6-13(7-11)3-4-14(10)8(15)5-12(2)9(10)16;/h3-6H2,1-2H3;1H4. The maximum absolute atomic E-state index is 12.1. The molecule has 1 unspecified atom stereocenters. The van der Waals surface area contributed by atoms with Crippen LogP contribution in [0.1, 0.15) is 14.4 Å². The molecule has 6 heteroatoms. The molecular formula is C11H18N4O2. The molecule has 1 atom stereocenters. The van der Waals surface area contributed by atoms with Gasteiger partial charge in [0.25, 0.3) is 0 Å². The summed E-state index contributed by atoms with van der Waals surface area (Å²) in [6.45, 7) is 3.11. The van der Waals surface area contributed by atoms with Gasteiger partial charge in [0, 0.05) is 20.1 Å². The van der Waals surface area contributed by atoms with Crippen LogP contribution in [0.2, 0.25) is 0 Å². The maximum atomic E-state index is 12.1. The number of hydrogen-bond donors (Lipinski definition) is 0. The number of carbonyl (C=O) groups is 2. The molecular weight excluding hydrogens is 220 g/mol. The van der Waals surface area contributed by atoms with E-state index in [-0.39, 0.29) is 25.8 Å². The van der Waals surface area contributed by atoms with Crippen LogP contribution in [0.15, 0.2) is 0 Å². The van der Waals surface area contributed by atoms with E-state index in [0.717, 1.165) is 0 Å². The summed E-state index contributed by atoms with van der Waals surface area (Å²) in [4.78, 5) is 28.5. The summed E-state index contributed by atoms with van der Waals surface area (Å²) < 4.78 is 0. The van der Waals surface area contributed by atoms with Crippen LogP contribution in [0.25, 0.3) is 0 Å². The van der Waals surface area contributed by atoms with Gasteiger partial charge in [0.2, 0.25) is 11.8 Å². The Hall–Kier alpha value is -1.77. The lowest BCUT2D eigenvalue weighted by Crippen LogP contribution is -2.72. The molecule has 94 valence electrons. The third-order valence-corrected chi connectivity index (χ3v) is 3.31. The number of hydrogen-bond acceptors (Lipinski definition) is 4. The minimum Gasteiger partial charge on any atom is -0.334 e. The second-order valence-electron chi connectivity index (χ2n) is 4.50. The minimum atomic E-state index is -0.877. The Bertz CT molecular complexity index is 389. The van der Waals surface area contributed by atoms with Crippen molar-refractivity contribution < 1.29 is 9.59 Å². The highest BCUT2D eigenvalue weighted by molar-refractivity contribution is 5.98.